The van der Waals surface area contributed by atoms with Crippen LogP contribution in [0.1, 0.15) is 12.7 Å². The van der Waals surface area contributed by atoms with Crippen molar-refractivity contribution in [1.29, 1.82) is 0 Å². The molecule has 4 rings (SSSR count). The number of ether oxygens (including phenoxy) is 2. The molecule has 34 heavy (non-hydrogen) atoms. The van der Waals surface area contributed by atoms with Gasteiger partial charge in [-0.05, 0) is 55.5 Å². The minimum Gasteiger partial charge on any atom is -0.497 e. The van der Waals surface area contributed by atoms with Gasteiger partial charge in [-0.2, -0.15) is 0 Å². The van der Waals surface area contributed by atoms with E-state index in [0.717, 1.165) is 22.9 Å². The SMILES string of the molecule is CCn1c(COc2ccc(OC)cc2)nnc1SCC(=O)N(c1ccccc1)c1ccccc1. The number of benzene rings is 3. The molecule has 7 nitrogen and oxygen atoms in total. The molecule has 0 radical (unpaired) electrons. The zero-order valence-electron chi connectivity index (χ0n) is 19.1. The van der Waals surface area contributed by atoms with Crippen molar-refractivity contribution in [1.82, 2.24) is 14.8 Å². The summed E-state index contributed by atoms with van der Waals surface area (Å²) in [7, 11) is 1.63. The Morgan fingerprint density at radius 3 is 2.03 bits per heavy atom. The maximum absolute atomic E-state index is 13.3. The fourth-order valence-corrected chi connectivity index (χ4v) is 4.32. The van der Waals surface area contributed by atoms with Crippen molar-refractivity contribution in [2.45, 2.75) is 25.2 Å². The second-order valence-corrected chi connectivity index (χ2v) is 8.24. The Bertz CT molecular complexity index is 1160. The number of rotatable bonds is 10. The molecule has 1 amide bonds. The third-order valence-electron chi connectivity index (χ3n) is 5.14. The first-order chi connectivity index (χ1) is 16.7. The third-order valence-corrected chi connectivity index (χ3v) is 6.09. The molecule has 0 unspecified atom stereocenters. The van der Waals surface area contributed by atoms with Crippen LogP contribution in [-0.4, -0.2) is 33.5 Å². The Morgan fingerprint density at radius 1 is 0.882 bits per heavy atom. The average Bonchev–Trinajstić information content (AvgIpc) is 3.29. The number of anilines is 2. The minimum atomic E-state index is -0.0379. The number of aromatic nitrogens is 3. The smallest absolute Gasteiger partial charge is 0.242 e. The Balaban J connectivity index is 1.44. The van der Waals surface area contributed by atoms with Gasteiger partial charge < -0.3 is 14.0 Å². The summed E-state index contributed by atoms with van der Waals surface area (Å²) in [6.45, 7) is 2.97. The Morgan fingerprint density at radius 2 is 1.47 bits per heavy atom. The highest BCUT2D eigenvalue weighted by molar-refractivity contribution is 7.99. The second-order valence-electron chi connectivity index (χ2n) is 7.30. The van der Waals surface area contributed by atoms with E-state index in [2.05, 4.69) is 10.2 Å². The molecule has 0 saturated heterocycles. The first kappa shape index (κ1) is 23.4. The molecule has 1 aromatic heterocycles. The number of nitrogens with zero attached hydrogens (tertiary/aromatic N) is 4. The van der Waals surface area contributed by atoms with Gasteiger partial charge in [0.15, 0.2) is 11.0 Å². The van der Waals surface area contributed by atoms with Gasteiger partial charge in [-0.15, -0.1) is 10.2 Å². The van der Waals surface area contributed by atoms with Crippen LogP contribution in [0.25, 0.3) is 0 Å². The molecule has 0 spiro atoms. The van der Waals surface area contributed by atoms with Crippen LogP contribution in [0, 0.1) is 0 Å². The molecule has 0 fully saturated rings. The lowest BCUT2D eigenvalue weighted by Crippen LogP contribution is -2.27. The highest BCUT2D eigenvalue weighted by Crippen LogP contribution is 2.27. The Hall–Kier alpha value is -3.78. The third kappa shape index (κ3) is 5.58. The summed E-state index contributed by atoms with van der Waals surface area (Å²) >= 11 is 1.37. The summed E-state index contributed by atoms with van der Waals surface area (Å²) in [4.78, 5) is 15.0. The molecule has 8 heteroatoms. The lowest BCUT2D eigenvalue weighted by atomic mass is 10.2. The van der Waals surface area contributed by atoms with E-state index in [1.165, 1.54) is 11.8 Å². The fraction of sp³-hybridized carbons (Fsp3) is 0.192. The van der Waals surface area contributed by atoms with E-state index >= 15 is 0 Å². The monoisotopic (exact) mass is 474 g/mol. The lowest BCUT2D eigenvalue weighted by molar-refractivity contribution is -0.115. The standard InChI is InChI=1S/C26H26N4O3S/c1-3-29-24(18-33-23-16-14-22(32-2)15-17-23)27-28-26(29)34-19-25(31)30(20-10-6-4-7-11-20)21-12-8-5-9-13-21/h4-17H,3,18-19H2,1-2H3. The molecular formula is C26H26N4O3S. The first-order valence-corrected chi connectivity index (χ1v) is 11.9. The minimum absolute atomic E-state index is 0.0379. The molecule has 0 N–H and O–H groups in total. The van der Waals surface area contributed by atoms with Crippen LogP contribution in [0.3, 0.4) is 0 Å². The van der Waals surface area contributed by atoms with Crippen LogP contribution in [-0.2, 0) is 17.9 Å². The van der Waals surface area contributed by atoms with Crippen molar-refractivity contribution in [3.63, 3.8) is 0 Å². The number of thioether (sulfide) groups is 1. The maximum Gasteiger partial charge on any atom is 0.242 e. The number of hydrogen-bond donors (Lipinski definition) is 0. The highest BCUT2D eigenvalue weighted by atomic mass is 32.2. The van der Waals surface area contributed by atoms with Gasteiger partial charge in [-0.1, -0.05) is 48.2 Å². The largest absolute Gasteiger partial charge is 0.497 e. The summed E-state index contributed by atoms with van der Waals surface area (Å²) in [6, 6.07) is 26.7. The summed E-state index contributed by atoms with van der Waals surface area (Å²) < 4.78 is 13.0. The molecule has 0 aliphatic heterocycles. The van der Waals surface area contributed by atoms with Crippen molar-refractivity contribution in [3.05, 3.63) is 90.8 Å². The van der Waals surface area contributed by atoms with Crippen molar-refractivity contribution in [3.8, 4) is 11.5 Å². The number of amides is 1. The molecule has 0 atom stereocenters. The van der Waals surface area contributed by atoms with E-state index in [1.807, 2.05) is 96.4 Å². The zero-order valence-corrected chi connectivity index (χ0v) is 19.9. The molecule has 0 bridgehead atoms. The van der Waals surface area contributed by atoms with Gasteiger partial charge in [0.2, 0.25) is 5.91 Å². The van der Waals surface area contributed by atoms with Gasteiger partial charge in [0.05, 0.1) is 12.9 Å². The van der Waals surface area contributed by atoms with Crippen molar-refractivity contribution < 1.29 is 14.3 Å². The van der Waals surface area contributed by atoms with Gasteiger partial charge >= 0.3 is 0 Å². The molecule has 1 heterocycles. The molecule has 0 aliphatic carbocycles. The topological polar surface area (TPSA) is 69.5 Å². The molecule has 4 aromatic rings. The van der Waals surface area contributed by atoms with E-state index in [0.29, 0.717) is 17.5 Å². The predicted molar refractivity (Wildman–Crippen MR) is 134 cm³/mol. The van der Waals surface area contributed by atoms with E-state index in [1.54, 1.807) is 12.0 Å². The van der Waals surface area contributed by atoms with E-state index < -0.39 is 0 Å². The van der Waals surface area contributed by atoms with Gasteiger partial charge in [0.1, 0.15) is 18.1 Å². The van der Waals surface area contributed by atoms with Gasteiger partial charge in [0.25, 0.3) is 0 Å². The number of hydrogen-bond acceptors (Lipinski definition) is 6. The first-order valence-electron chi connectivity index (χ1n) is 10.9. The molecule has 174 valence electrons. The predicted octanol–water partition coefficient (Wildman–Crippen LogP) is 5.34. The van der Waals surface area contributed by atoms with Crippen LogP contribution in [0.4, 0.5) is 11.4 Å². The van der Waals surface area contributed by atoms with E-state index in [-0.39, 0.29) is 18.3 Å². The van der Waals surface area contributed by atoms with Crippen LogP contribution >= 0.6 is 11.8 Å². The maximum atomic E-state index is 13.3. The van der Waals surface area contributed by atoms with E-state index in [9.17, 15) is 4.79 Å². The van der Waals surface area contributed by atoms with Crippen molar-refractivity contribution in [2.24, 2.45) is 0 Å². The second kappa shape index (κ2) is 11.4. The highest BCUT2D eigenvalue weighted by Gasteiger charge is 2.20. The normalized spacial score (nSPS) is 10.6. The van der Waals surface area contributed by atoms with Gasteiger partial charge in [-0.25, -0.2) is 0 Å². The number of carbonyl (C=O) groups excluding carboxylic acids is 1. The van der Waals surface area contributed by atoms with Crippen LogP contribution < -0.4 is 14.4 Å². The Kier molecular flexibility index (Phi) is 7.83. The fourth-order valence-electron chi connectivity index (χ4n) is 3.45. The van der Waals surface area contributed by atoms with Crippen LogP contribution in [0.15, 0.2) is 90.1 Å². The number of para-hydroxylation sites is 2. The molecular weight excluding hydrogens is 448 g/mol. The van der Waals surface area contributed by atoms with Crippen molar-refractivity contribution in [2.75, 3.05) is 17.8 Å². The lowest BCUT2D eigenvalue weighted by Gasteiger charge is -2.23. The number of methoxy groups -OCH3 is 1. The van der Waals surface area contributed by atoms with Crippen LogP contribution in [0.2, 0.25) is 0 Å². The average molecular weight is 475 g/mol. The summed E-state index contributed by atoms with van der Waals surface area (Å²) in [5, 5.41) is 9.29. The van der Waals surface area contributed by atoms with Gasteiger partial charge in [0, 0.05) is 17.9 Å². The summed E-state index contributed by atoms with van der Waals surface area (Å²) in [5.41, 5.74) is 1.65. The van der Waals surface area contributed by atoms with Gasteiger partial charge in [-0.3, -0.25) is 9.69 Å². The van der Waals surface area contributed by atoms with Crippen molar-refractivity contribution >= 4 is 29.0 Å². The molecule has 3 aromatic carbocycles. The molecule has 0 saturated carbocycles. The van der Waals surface area contributed by atoms with E-state index in [4.69, 9.17) is 9.47 Å². The van der Waals surface area contributed by atoms with Crippen LogP contribution in [0.5, 0.6) is 11.5 Å². The quantitative estimate of drug-likeness (QED) is 0.289. The molecule has 0 aliphatic rings. The summed E-state index contributed by atoms with van der Waals surface area (Å²) in [6.07, 6.45) is 0. The number of carbonyl (C=O) groups is 1. The zero-order chi connectivity index (χ0) is 23.8. The summed E-state index contributed by atoms with van der Waals surface area (Å²) in [5.74, 6) is 2.38. The Labute approximate surface area is 203 Å².